The van der Waals surface area contributed by atoms with Gasteiger partial charge in [0.25, 0.3) is 0 Å². The van der Waals surface area contributed by atoms with E-state index in [-0.39, 0.29) is 0 Å². The quantitative estimate of drug-likeness (QED) is 0.799. The summed E-state index contributed by atoms with van der Waals surface area (Å²) in [6.07, 6.45) is 0. The summed E-state index contributed by atoms with van der Waals surface area (Å²) in [6.45, 7) is 2.43. The molecule has 13 heavy (non-hydrogen) atoms. The fourth-order valence-corrected chi connectivity index (χ4v) is 1.41. The first-order valence-corrected chi connectivity index (χ1v) is 4.74. The van der Waals surface area contributed by atoms with Crippen LogP contribution in [0.25, 0.3) is 0 Å². The van der Waals surface area contributed by atoms with Gasteiger partial charge in [0.05, 0.1) is 0 Å². The summed E-state index contributed by atoms with van der Waals surface area (Å²) >= 11 is 6.01. The van der Waals surface area contributed by atoms with Crippen LogP contribution in [0.15, 0.2) is 24.3 Å². The van der Waals surface area contributed by atoms with E-state index in [9.17, 15) is 0 Å². The summed E-state index contributed by atoms with van der Waals surface area (Å²) in [5.74, 6) is 0. The summed E-state index contributed by atoms with van der Waals surface area (Å²) in [5, 5.41) is 0.825. The molecule has 0 saturated heterocycles. The molecule has 0 heterocycles. The Bertz CT molecular complexity index is 263. The highest BCUT2D eigenvalue weighted by Gasteiger charge is 2.01. The molecular weight excluding hydrogens is 184 g/mol. The van der Waals surface area contributed by atoms with Gasteiger partial charge in [-0.15, -0.1) is 0 Å². The maximum atomic E-state index is 6.01. The zero-order valence-electron chi connectivity index (χ0n) is 7.83. The Hall–Kier alpha value is -0.570. The Balaban J connectivity index is 2.58. The smallest absolute Gasteiger partial charge is 0.0451 e. The van der Waals surface area contributed by atoms with E-state index in [1.807, 2.05) is 31.3 Å². The van der Waals surface area contributed by atoms with Gasteiger partial charge < -0.3 is 10.6 Å². The van der Waals surface area contributed by atoms with Gasteiger partial charge in [-0.1, -0.05) is 29.8 Å². The van der Waals surface area contributed by atoms with E-state index in [0.717, 1.165) is 23.7 Å². The number of hydrogen-bond donors (Lipinski definition) is 1. The fourth-order valence-electron chi connectivity index (χ4n) is 1.22. The molecule has 0 aliphatic heterocycles. The molecule has 72 valence electrons. The first-order chi connectivity index (χ1) is 6.24. The lowest BCUT2D eigenvalue weighted by atomic mass is 10.2. The molecule has 0 aliphatic rings. The zero-order chi connectivity index (χ0) is 9.68. The molecule has 0 aromatic heterocycles. The monoisotopic (exact) mass is 198 g/mol. The molecule has 0 spiro atoms. The minimum atomic E-state index is 0.682. The van der Waals surface area contributed by atoms with E-state index in [2.05, 4.69) is 4.90 Å². The molecule has 3 heteroatoms. The van der Waals surface area contributed by atoms with Crippen LogP contribution in [-0.4, -0.2) is 25.0 Å². The van der Waals surface area contributed by atoms with Crippen LogP contribution < -0.4 is 5.73 Å². The van der Waals surface area contributed by atoms with Crippen molar-refractivity contribution >= 4 is 11.6 Å². The summed E-state index contributed by atoms with van der Waals surface area (Å²) in [6, 6.07) is 7.88. The van der Waals surface area contributed by atoms with Crippen LogP contribution in [0.1, 0.15) is 5.56 Å². The SMILES string of the molecule is CN(CCN)Cc1ccccc1Cl. The first kappa shape index (κ1) is 10.5. The molecule has 0 aliphatic carbocycles. The van der Waals surface area contributed by atoms with E-state index in [0.29, 0.717) is 6.54 Å². The summed E-state index contributed by atoms with van der Waals surface area (Å²) in [5.41, 5.74) is 6.60. The Morgan fingerprint density at radius 1 is 1.38 bits per heavy atom. The topological polar surface area (TPSA) is 29.3 Å². The third-order valence-electron chi connectivity index (χ3n) is 1.91. The number of halogens is 1. The minimum absolute atomic E-state index is 0.682. The van der Waals surface area contributed by atoms with Crippen LogP contribution >= 0.6 is 11.6 Å². The zero-order valence-corrected chi connectivity index (χ0v) is 8.59. The van der Waals surface area contributed by atoms with Gasteiger partial charge in [-0.25, -0.2) is 0 Å². The lowest BCUT2D eigenvalue weighted by Gasteiger charge is -2.15. The van der Waals surface area contributed by atoms with Crippen molar-refractivity contribution in [2.75, 3.05) is 20.1 Å². The number of likely N-dealkylation sites (N-methyl/N-ethyl adjacent to an activating group) is 1. The maximum Gasteiger partial charge on any atom is 0.0451 e. The Morgan fingerprint density at radius 3 is 2.69 bits per heavy atom. The van der Waals surface area contributed by atoms with Gasteiger partial charge in [-0.3, -0.25) is 0 Å². The second-order valence-electron chi connectivity index (χ2n) is 3.12. The molecule has 0 unspecified atom stereocenters. The maximum absolute atomic E-state index is 6.01. The number of benzene rings is 1. The highest BCUT2D eigenvalue weighted by atomic mass is 35.5. The van der Waals surface area contributed by atoms with Crippen molar-refractivity contribution in [2.45, 2.75) is 6.54 Å². The molecule has 1 aromatic rings. The highest BCUT2D eigenvalue weighted by molar-refractivity contribution is 6.31. The van der Waals surface area contributed by atoms with Crippen LogP contribution in [0.5, 0.6) is 0 Å². The second kappa shape index (κ2) is 5.22. The van der Waals surface area contributed by atoms with Crippen molar-refractivity contribution in [1.29, 1.82) is 0 Å². The van der Waals surface area contributed by atoms with E-state index in [4.69, 9.17) is 17.3 Å². The van der Waals surface area contributed by atoms with Gasteiger partial charge in [0.2, 0.25) is 0 Å². The second-order valence-corrected chi connectivity index (χ2v) is 3.53. The van der Waals surface area contributed by atoms with E-state index in [1.165, 1.54) is 0 Å². The van der Waals surface area contributed by atoms with Crippen LogP contribution in [0.3, 0.4) is 0 Å². The van der Waals surface area contributed by atoms with Gasteiger partial charge in [0, 0.05) is 24.7 Å². The molecule has 0 fully saturated rings. The molecule has 0 atom stereocenters. The highest BCUT2D eigenvalue weighted by Crippen LogP contribution is 2.15. The van der Waals surface area contributed by atoms with Crippen molar-refractivity contribution in [2.24, 2.45) is 5.73 Å². The van der Waals surface area contributed by atoms with E-state index >= 15 is 0 Å². The van der Waals surface area contributed by atoms with Gasteiger partial charge in [0.1, 0.15) is 0 Å². The molecule has 2 N–H and O–H groups in total. The van der Waals surface area contributed by atoms with Crippen LogP contribution in [0, 0.1) is 0 Å². The van der Waals surface area contributed by atoms with Crippen molar-refractivity contribution < 1.29 is 0 Å². The van der Waals surface area contributed by atoms with Crippen LogP contribution in [0.4, 0.5) is 0 Å². The largest absolute Gasteiger partial charge is 0.329 e. The van der Waals surface area contributed by atoms with Gasteiger partial charge in [-0.05, 0) is 18.7 Å². The van der Waals surface area contributed by atoms with Crippen molar-refractivity contribution in [3.8, 4) is 0 Å². The molecule has 1 aromatic carbocycles. The predicted octanol–water partition coefficient (Wildman–Crippen LogP) is 1.73. The molecule has 0 bridgehead atoms. The summed E-state index contributed by atoms with van der Waals surface area (Å²) in [4.78, 5) is 2.15. The lowest BCUT2D eigenvalue weighted by Crippen LogP contribution is -2.25. The fraction of sp³-hybridized carbons (Fsp3) is 0.400. The number of hydrogen-bond acceptors (Lipinski definition) is 2. The van der Waals surface area contributed by atoms with Crippen LogP contribution in [-0.2, 0) is 6.54 Å². The minimum Gasteiger partial charge on any atom is -0.329 e. The number of nitrogens with two attached hydrogens (primary N) is 1. The lowest BCUT2D eigenvalue weighted by molar-refractivity contribution is 0.336. The predicted molar refractivity (Wildman–Crippen MR) is 56.8 cm³/mol. The van der Waals surface area contributed by atoms with Gasteiger partial charge in [-0.2, -0.15) is 0 Å². The van der Waals surface area contributed by atoms with E-state index in [1.54, 1.807) is 0 Å². The van der Waals surface area contributed by atoms with Crippen molar-refractivity contribution in [3.63, 3.8) is 0 Å². The molecule has 0 saturated carbocycles. The average Bonchev–Trinajstić information content (AvgIpc) is 2.09. The number of rotatable bonds is 4. The molecule has 0 amide bonds. The standard InChI is InChI=1S/C10H15ClN2/c1-13(7-6-12)8-9-4-2-3-5-10(9)11/h2-5H,6-8,12H2,1H3. The third-order valence-corrected chi connectivity index (χ3v) is 2.28. The third kappa shape index (κ3) is 3.35. The average molecular weight is 199 g/mol. The van der Waals surface area contributed by atoms with Crippen molar-refractivity contribution in [1.82, 2.24) is 4.90 Å². The molecule has 2 nitrogen and oxygen atoms in total. The normalized spacial score (nSPS) is 10.8. The Kier molecular flexibility index (Phi) is 4.22. The Labute approximate surface area is 84.3 Å². The van der Waals surface area contributed by atoms with Crippen LogP contribution in [0.2, 0.25) is 5.02 Å². The number of nitrogens with zero attached hydrogens (tertiary/aromatic N) is 1. The summed E-state index contributed by atoms with van der Waals surface area (Å²) in [7, 11) is 2.04. The first-order valence-electron chi connectivity index (χ1n) is 4.36. The van der Waals surface area contributed by atoms with Crippen molar-refractivity contribution in [3.05, 3.63) is 34.9 Å². The Morgan fingerprint density at radius 2 is 2.08 bits per heavy atom. The summed E-state index contributed by atoms with van der Waals surface area (Å²) < 4.78 is 0. The van der Waals surface area contributed by atoms with Gasteiger partial charge in [0.15, 0.2) is 0 Å². The van der Waals surface area contributed by atoms with Gasteiger partial charge >= 0.3 is 0 Å². The van der Waals surface area contributed by atoms with E-state index < -0.39 is 0 Å². The molecule has 1 rings (SSSR count). The molecular formula is C10H15ClN2. The molecule has 0 radical (unpaired) electrons.